The van der Waals surface area contributed by atoms with Crippen molar-refractivity contribution in [1.82, 2.24) is 30.0 Å². The van der Waals surface area contributed by atoms with Crippen molar-refractivity contribution in [2.24, 2.45) is 0 Å². The van der Waals surface area contributed by atoms with Crippen LogP contribution in [0.2, 0.25) is 0 Å². The van der Waals surface area contributed by atoms with E-state index < -0.39 is 6.03 Å². The van der Waals surface area contributed by atoms with Crippen molar-refractivity contribution in [1.29, 1.82) is 0 Å². The minimum absolute atomic E-state index is 0.175. The Morgan fingerprint density at radius 2 is 1.76 bits per heavy atom. The molecule has 3 aromatic heterocycles. The molecule has 3 amide bonds. The van der Waals surface area contributed by atoms with Crippen LogP contribution >= 0.6 is 0 Å². The summed E-state index contributed by atoms with van der Waals surface area (Å²) >= 11 is 0. The third-order valence-corrected chi connectivity index (χ3v) is 5.75. The van der Waals surface area contributed by atoms with Crippen LogP contribution in [0.15, 0.2) is 73.2 Å². The molecule has 2 aromatic carbocycles. The van der Waals surface area contributed by atoms with E-state index in [1.54, 1.807) is 47.4 Å². The second-order valence-electron chi connectivity index (χ2n) is 8.79. The van der Waals surface area contributed by atoms with Gasteiger partial charge >= 0.3 is 6.03 Å². The molecule has 192 valence electrons. The molecule has 5 aromatic rings. The molecule has 11 nitrogen and oxygen atoms in total. The number of H-pyrrole nitrogens is 1. The number of hydrogen-bond donors (Lipinski definition) is 4. The first-order valence-electron chi connectivity index (χ1n) is 12.0. The fourth-order valence-electron chi connectivity index (χ4n) is 3.77. The third-order valence-electron chi connectivity index (χ3n) is 5.75. The second-order valence-corrected chi connectivity index (χ2v) is 8.79. The molecule has 0 spiro atoms. The predicted molar refractivity (Wildman–Crippen MR) is 144 cm³/mol. The molecule has 0 fully saturated rings. The number of amides is 3. The first kappa shape index (κ1) is 24.5. The number of benzene rings is 2. The van der Waals surface area contributed by atoms with Gasteiger partial charge in [-0.25, -0.2) is 14.5 Å². The van der Waals surface area contributed by atoms with Crippen LogP contribution in [0.3, 0.4) is 0 Å². The highest BCUT2D eigenvalue weighted by molar-refractivity contribution is 5.99. The largest absolute Gasteiger partial charge is 0.457 e. The van der Waals surface area contributed by atoms with Gasteiger partial charge in [-0.15, -0.1) is 0 Å². The van der Waals surface area contributed by atoms with Gasteiger partial charge in [0.2, 0.25) is 0 Å². The van der Waals surface area contributed by atoms with E-state index in [4.69, 9.17) is 9.84 Å². The molecule has 11 heteroatoms. The van der Waals surface area contributed by atoms with Gasteiger partial charge < -0.3 is 20.4 Å². The maximum Gasteiger partial charge on any atom is 0.324 e. The van der Waals surface area contributed by atoms with Crippen molar-refractivity contribution < 1.29 is 14.3 Å². The van der Waals surface area contributed by atoms with Crippen LogP contribution in [-0.4, -0.2) is 43.7 Å². The van der Waals surface area contributed by atoms with Gasteiger partial charge in [-0.2, -0.15) is 5.10 Å². The summed E-state index contributed by atoms with van der Waals surface area (Å²) in [5.41, 5.74) is 4.18. The average molecular weight is 511 g/mol. The van der Waals surface area contributed by atoms with Crippen LogP contribution in [0.25, 0.3) is 16.7 Å². The van der Waals surface area contributed by atoms with Crippen molar-refractivity contribution in [2.75, 3.05) is 17.7 Å². The summed E-state index contributed by atoms with van der Waals surface area (Å²) in [5.74, 6) is 1.42. The molecule has 3 heterocycles. The van der Waals surface area contributed by atoms with Crippen molar-refractivity contribution in [3.63, 3.8) is 0 Å². The van der Waals surface area contributed by atoms with Gasteiger partial charge in [0.25, 0.3) is 5.91 Å². The number of anilines is 2. The normalized spacial score (nSPS) is 10.9. The number of pyridine rings is 1. The van der Waals surface area contributed by atoms with E-state index in [2.05, 4.69) is 30.9 Å². The summed E-state index contributed by atoms with van der Waals surface area (Å²) in [7, 11) is 1.54. The van der Waals surface area contributed by atoms with Crippen molar-refractivity contribution in [3.8, 4) is 17.2 Å². The van der Waals surface area contributed by atoms with Gasteiger partial charge in [-0.3, -0.25) is 15.1 Å². The predicted octanol–water partition coefficient (Wildman–Crippen LogP) is 5.06. The molecule has 4 N–H and O–H groups in total. The van der Waals surface area contributed by atoms with Crippen LogP contribution in [0, 0.1) is 0 Å². The first-order valence-corrected chi connectivity index (χ1v) is 12.0. The van der Waals surface area contributed by atoms with Crippen molar-refractivity contribution in [3.05, 3.63) is 84.6 Å². The van der Waals surface area contributed by atoms with E-state index in [1.807, 2.05) is 38.1 Å². The lowest BCUT2D eigenvalue weighted by molar-refractivity contribution is 0.0958. The van der Waals surface area contributed by atoms with Gasteiger partial charge in [-0.1, -0.05) is 13.8 Å². The Morgan fingerprint density at radius 1 is 0.947 bits per heavy atom. The topological polar surface area (TPSA) is 139 Å². The highest BCUT2D eigenvalue weighted by Crippen LogP contribution is 2.25. The number of aromatic amines is 1. The van der Waals surface area contributed by atoms with Gasteiger partial charge in [0, 0.05) is 31.1 Å². The lowest BCUT2D eigenvalue weighted by Gasteiger charge is -2.11. The van der Waals surface area contributed by atoms with Gasteiger partial charge in [0.15, 0.2) is 0 Å². The molecule has 0 aliphatic heterocycles. The Kier molecular flexibility index (Phi) is 6.72. The number of hydrogen-bond acceptors (Lipinski definition) is 6. The Hall–Kier alpha value is -5.19. The third kappa shape index (κ3) is 5.31. The van der Waals surface area contributed by atoms with E-state index >= 15 is 0 Å². The van der Waals surface area contributed by atoms with Crippen LogP contribution in [0.5, 0.6) is 11.5 Å². The standard InChI is InChI=1S/C27H26N8O3/c1-16(2)22-14-25(35(34-22)18-6-9-21-23(12-18)31-15-30-21)33-27(37)32-17-4-7-19(8-5-17)38-20-10-11-29-24(13-20)26(36)28-3/h4-16H,1-3H3,(H,28,36)(H,30,31)(H2,32,33,37). The van der Waals surface area contributed by atoms with E-state index in [0.29, 0.717) is 23.0 Å². The van der Waals surface area contributed by atoms with Crippen molar-refractivity contribution in [2.45, 2.75) is 19.8 Å². The van der Waals surface area contributed by atoms with Crippen LogP contribution in [0.4, 0.5) is 16.3 Å². The second kappa shape index (κ2) is 10.4. The number of carbonyl (C=O) groups excluding carboxylic acids is 2. The number of urea groups is 1. The molecule has 0 aliphatic carbocycles. The molecule has 0 atom stereocenters. The molecule has 5 rings (SSSR count). The molecule has 0 unspecified atom stereocenters. The smallest absolute Gasteiger partial charge is 0.324 e. The summed E-state index contributed by atoms with van der Waals surface area (Å²) in [5, 5.41) is 12.9. The first-order chi connectivity index (χ1) is 18.4. The number of nitrogens with one attached hydrogen (secondary N) is 4. The molecule has 38 heavy (non-hydrogen) atoms. The number of carbonyl (C=O) groups is 2. The lowest BCUT2D eigenvalue weighted by atomic mass is 10.1. The summed E-state index contributed by atoms with van der Waals surface area (Å²) in [6.07, 6.45) is 3.14. The van der Waals surface area contributed by atoms with E-state index in [-0.39, 0.29) is 17.5 Å². The minimum Gasteiger partial charge on any atom is -0.457 e. The van der Waals surface area contributed by atoms with E-state index in [0.717, 1.165) is 22.4 Å². The van der Waals surface area contributed by atoms with Crippen molar-refractivity contribution >= 4 is 34.5 Å². The number of imidazole rings is 1. The SMILES string of the molecule is CNC(=O)c1cc(Oc2ccc(NC(=O)Nc3cc(C(C)C)nn3-c3ccc4[nH]cnc4c3)cc2)ccn1. The van der Waals surface area contributed by atoms with Gasteiger partial charge in [0.05, 0.1) is 28.7 Å². The molecule has 0 bridgehead atoms. The summed E-state index contributed by atoms with van der Waals surface area (Å²) in [4.78, 5) is 36.1. The van der Waals surface area contributed by atoms with Crippen LogP contribution < -0.4 is 20.7 Å². The molecule has 0 aliphatic rings. The average Bonchev–Trinajstić information content (AvgIpc) is 3.56. The fraction of sp³-hybridized carbons (Fsp3) is 0.148. The van der Waals surface area contributed by atoms with Gasteiger partial charge in [-0.05, 0) is 54.4 Å². The summed E-state index contributed by atoms with van der Waals surface area (Å²) < 4.78 is 7.51. The Balaban J connectivity index is 1.28. The number of ether oxygens (including phenoxy) is 1. The summed E-state index contributed by atoms with van der Waals surface area (Å²) in [6, 6.07) is 17.3. The minimum atomic E-state index is -0.416. The Morgan fingerprint density at radius 3 is 2.53 bits per heavy atom. The van der Waals surface area contributed by atoms with Gasteiger partial charge in [0.1, 0.15) is 23.0 Å². The number of rotatable bonds is 7. The summed E-state index contributed by atoms with van der Waals surface area (Å²) in [6.45, 7) is 4.09. The molecule has 0 saturated heterocycles. The number of aromatic nitrogens is 5. The highest BCUT2D eigenvalue weighted by Gasteiger charge is 2.15. The monoisotopic (exact) mass is 510 g/mol. The van der Waals surface area contributed by atoms with Crippen LogP contribution in [-0.2, 0) is 0 Å². The molecule has 0 radical (unpaired) electrons. The van der Waals surface area contributed by atoms with E-state index in [1.165, 1.54) is 13.2 Å². The molecular formula is C27H26N8O3. The molecular weight excluding hydrogens is 484 g/mol. The zero-order chi connectivity index (χ0) is 26.6. The van der Waals surface area contributed by atoms with Crippen LogP contribution in [0.1, 0.15) is 35.9 Å². The molecule has 0 saturated carbocycles. The van der Waals surface area contributed by atoms with E-state index in [9.17, 15) is 9.59 Å². The number of fused-ring (bicyclic) bond motifs is 1. The Labute approximate surface area is 218 Å². The lowest BCUT2D eigenvalue weighted by Crippen LogP contribution is -2.21. The number of nitrogens with zero attached hydrogens (tertiary/aromatic N) is 4. The quantitative estimate of drug-likeness (QED) is 0.241. The fourth-order valence-corrected chi connectivity index (χ4v) is 3.77. The zero-order valence-corrected chi connectivity index (χ0v) is 21.0. The zero-order valence-electron chi connectivity index (χ0n) is 21.0. The maximum absolute atomic E-state index is 12.9. The maximum atomic E-state index is 12.9. The highest BCUT2D eigenvalue weighted by atomic mass is 16.5. The Bertz CT molecular complexity index is 1600.